The number of rotatable bonds is 6. The summed E-state index contributed by atoms with van der Waals surface area (Å²) in [7, 11) is 0. The highest BCUT2D eigenvalue weighted by Gasteiger charge is 2.27. The van der Waals surface area contributed by atoms with Crippen molar-refractivity contribution in [3.8, 4) is 17.0 Å². The number of amides is 1. The van der Waals surface area contributed by atoms with Crippen molar-refractivity contribution in [1.29, 1.82) is 0 Å². The molecule has 160 valence electrons. The third kappa shape index (κ3) is 5.59. The van der Waals surface area contributed by atoms with Crippen molar-refractivity contribution in [3.63, 3.8) is 0 Å². The molecule has 1 N–H and O–H groups in total. The van der Waals surface area contributed by atoms with E-state index in [1.165, 1.54) is 0 Å². The minimum atomic E-state index is -0.172. The molecule has 0 aliphatic carbocycles. The van der Waals surface area contributed by atoms with Crippen LogP contribution in [0.2, 0.25) is 0 Å². The molecule has 1 aromatic carbocycles. The predicted octanol–water partition coefficient (Wildman–Crippen LogP) is 5.91. The molecule has 0 saturated carbocycles. The Hall–Kier alpha value is -1.88. The second kappa shape index (κ2) is 8.86. The Morgan fingerprint density at radius 2 is 1.55 bits per heavy atom. The van der Waals surface area contributed by atoms with Crippen LogP contribution in [-0.4, -0.2) is 34.0 Å². The number of carbonyl (C=O) groups excluding carboxylic acids is 1. The van der Waals surface area contributed by atoms with Crippen molar-refractivity contribution in [3.05, 3.63) is 33.6 Å². The highest BCUT2D eigenvalue weighted by atomic mass is 32.1. The molecule has 1 amide bonds. The minimum Gasteiger partial charge on any atom is -0.507 e. The second-order valence-electron chi connectivity index (χ2n) is 9.61. The largest absolute Gasteiger partial charge is 0.507 e. The maximum Gasteiger partial charge on any atom is 0.222 e. The fourth-order valence-corrected chi connectivity index (χ4v) is 4.24. The van der Waals surface area contributed by atoms with Crippen molar-refractivity contribution < 1.29 is 9.90 Å². The Morgan fingerprint density at radius 3 is 2.00 bits per heavy atom. The lowest BCUT2D eigenvalue weighted by Gasteiger charge is -2.28. The van der Waals surface area contributed by atoms with Crippen LogP contribution in [-0.2, 0) is 22.0 Å². The van der Waals surface area contributed by atoms with Gasteiger partial charge in [-0.1, -0.05) is 41.5 Å². The molecule has 4 nitrogen and oxygen atoms in total. The lowest BCUT2D eigenvalue weighted by molar-refractivity contribution is -0.130. The Kier molecular flexibility index (Phi) is 7.15. The summed E-state index contributed by atoms with van der Waals surface area (Å²) < 4.78 is 0. The molecule has 0 bridgehead atoms. The predicted molar refractivity (Wildman–Crippen MR) is 123 cm³/mol. The number of phenols is 1. The van der Waals surface area contributed by atoms with E-state index in [4.69, 9.17) is 4.98 Å². The Morgan fingerprint density at radius 1 is 1.03 bits per heavy atom. The third-order valence-electron chi connectivity index (χ3n) is 5.24. The highest BCUT2D eigenvalue weighted by Crippen LogP contribution is 2.42. The molecule has 0 radical (unpaired) electrons. The van der Waals surface area contributed by atoms with Crippen LogP contribution in [0.4, 0.5) is 0 Å². The van der Waals surface area contributed by atoms with Gasteiger partial charge in [0.2, 0.25) is 5.91 Å². The Bertz CT molecular complexity index is 817. The molecular weight excluding hydrogens is 380 g/mol. The fourth-order valence-electron chi connectivity index (χ4n) is 3.43. The van der Waals surface area contributed by atoms with E-state index in [9.17, 15) is 9.90 Å². The van der Waals surface area contributed by atoms with E-state index in [0.29, 0.717) is 18.6 Å². The standard InChI is InChI=1S/C24H36N2O2S/c1-9-26(10-2)21(27)12-11-20-25-19(15-29-20)16-13-17(23(3,4)5)22(28)18(14-16)24(6,7)8/h13-15,28H,9-12H2,1-8H3. The van der Waals surface area contributed by atoms with Crippen molar-refractivity contribution >= 4 is 17.2 Å². The summed E-state index contributed by atoms with van der Waals surface area (Å²) in [6, 6.07) is 4.12. The van der Waals surface area contributed by atoms with Gasteiger partial charge >= 0.3 is 0 Å². The number of hydrogen-bond acceptors (Lipinski definition) is 4. The summed E-state index contributed by atoms with van der Waals surface area (Å²) in [6.45, 7) is 18.2. The first kappa shape index (κ1) is 23.4. The number of benzene rings is 1. The molecular formula is C24H36N2O2S. The van der Waals surface area contributed by atoms with Crippen LogP contribution in [0.25, 0.3) is 11.3 Å². The summed E-state index contributed by atoms with van der Waals surface area (Å²) in [6.07, 6.45) is 1.15. The summed E-state index contributed by atoms with van der Waals surface area (Å²) in [5, 5.41) is 14.0. The van der Waals surface area contributed by atoms with Gasteiger partial charge in [-0.3, -0.25) is 4.79 Å². The average molecular weight is 417 g/mol. The fraction of sp³-hybridized carbons (Fsp3) is 0.583. The smallest absolute Gasteiger partial charge is 0.222 e. The molecule has 29 heavy (non-hydrogen) atoms. The van der Waals surface area contributed by atoms with Crippen LogP contribution in [0, 0.1) is 0 Å². The highest BCUT2D eigenvalue weighted by molar-refractivity contribution is 7.09. The number of carbonyl (C=O) groups is 1. The summed E-state index contributed by atoms with van der Waals surface area (Å²) in [5.41, 5.74) is 3.47. The first-order valence-corrected chi connectivity index (χ1v) is 11.4. The van der Waals surface area contributed by atoms with E-state index in [-0.39, 0.29) is 16.7 Å². The van der Waals surface area contributed by atoms with Gasteiger partial charge in [-0.25, -0.2) is 4.98 Å². The van der Waals surface area contributed by atoms with Crippen molar-refractivity contribution in [2.45, 2.75) is 79.1 Å². The SMILES string of the molecule is CCN(CC)C(=O)CCc1nc(-c2cc(C(C)(C)C)c(O)c(C(C)(C)C)c2)cs1. The summed E-state index contributed by atoms with van der Waals surface area (Å²) >= 11 is 1.60. The number of phenolic OH excluding ortho intramolecular Hbond substituents is 1. The zero-order valence-corrected chi connectivity index (χ0v) is 20.0. The molecule has 0 aliphatic heterocycles. The lowest BCUT2D eigenvalue weighted by Crippen LogP contribution is -2.30. The molecule has 0 saturated heterocycles. The number of aromatic nitrogens is 1. The molecule has 2 rings (SSSR count). The summed E-state index contributed by atoms with van der Waals surface area (Å²) in [4.78, 5) is 18.9. The zero-order chi connectivity index (χ0) is 22.0. The van der Waals surface area contributed by atoms with Gasteiger partial charge in [0.15, 0.2) is 0 Å². The Labute approximate surface area is 180 Å². The van der Waals surface area contributed by atoms with Gasteiger partial charge in [-0.2, -0.15) is 0 Å². The van der Waals surface area contributed by atoms with Gasteiger partial charge < -0.3 is 10.0 Å². The van der Waals surface area contributed by atoms with Gasteiger partial charge in [0.05, 0.1) is 10.7 Å². The van der Waals surface area contributed by atoms with E-state index in [1.54, 1.807) is 11.3 Å². The first-order valence-electron chi connectivity index (χ1n) is 10.5. The molecule has 0 unspecified atom stereocenters. The molecule has 1 heterocycles. The van der Waals surface area contributed by atoms with Crippen molar-refractivity contribution in [2.24, 2.45) is 0 Å². The monoisotopic (exact) mass is 416 g/mol. The van der Waals surface area contributed by atoms with Crippen LogP contribution in [0.15, 0.2) is 17.5 Å². The lowest BCUT2D eigenvalue weighted by atomic mass is 9.78. The third-order valence-corrected chi connectivity index (χ3v) is 6.15. The average Bonchev–Trinajstić information content (AvgIpc) is 3.08. The molecule has 2 aromatic rings. The van der Waals surface area contributed by atoms with E-state index in [1.807, 2.05) is 18.7 Å². The molecule has 0 fully saturated rings. The number of thiazole rings is 1. The zero-order valence-electron chi connectivity index (χ0n) is 19.2. The van der Waals surface area contributed by atoms with E-state index in [0.717, 1.165) is 40.5 Å². The van der Waals surface area contributed by atoms with Gasteiger partial charge in [-0.15, -0.1) is 11.3 Å². The molecule has 5 heteroatoms. The van der Waals surface area contributed by atoms with Gasteiger partial charge in [0.1, 0.15) is 5.75 Å². The van der Waals surface area contributed by atoms with Gasteiger partial charge in [0, 0.05) is 48.0 Å². The number of aryl methyl sites for hydroxylation is 1. The van der Waals surface area contributed by atoms with Crippen molar-refractivity contribution in [2.75, 3.05) is 13.1 Å². The van der Waals surface area contributed by atoms with E-state index < -0.39 is 0 Å². The molecule has 1 aromatic heterocycles. The number of nitrogens with zero attached hydrogens (tertiary/aromatic N) is 2. The number of hydrogen-bond donors (Lipinski definition) is 1. The quantitative estimate of drug-likeness (QED) is 0.637. The molecule has 0 atom stereocenters. The maximum atomic E-state index is 12.3. The van der Waals surface area contributed by atoms with Gasteiger partial charge in [-0.05, 0) is 36.8 Å². The number of aromatic hydroxyl groups is 1. The normalized spacial score (nSPS) is 12.3. The second-order valence-corrected chi connectivity index (χ2v) is 10.6. The van der Waals surface area contributed by atoms with E-state index in [2.05, 4.69) is 59.1 Å². The van der Waals surface area contributed by atoms with Crippen LogP contribution in [0.5, 0.6) is 5.75 Å². The van der Waals surface area contributed by atoms with Crippen LogP contribution >= 0.6 is 11.3 Å². The Balaban J connectivity index is 2.35. The minimum absolute atomic E-state index is 0.172. The van der Waals surface area contributed by atoms with Crippen LogP contribution in [0.3, 0.4) is 0 Å². The van der Waals surface area contributed by atoms with Crippen molar-refractivity contribution in [1.82, 2.24) is 9.88 Å². The van der Waals surface area contributed by atoms with Crippen LogP contribution < -0.4 is 0 Å². The topological polar surface area (TPSA) is 53.4 Å². The summed E-state index contributed by atoms with van der Waals surface area (Å²) in [5.74, 6) is 0.565. The molecule has 0 aliphatic rings. The van der Waals surface area contributed by atoms with E-state index >= 15 is 0 Å². The van der Waals surface area contributed by atoms with Gasteiger partial charge in [0.25, 0.3) is 0 Å². The molecule has 0 spiro atoms. The van der Waals surface area contributed by atoms with Crippen LogP contribution in [0.1, 0.15) is 77.9 Å². The maximum absolute atomic E-state index is 12.3. The first-order chi connectivity index (χ1) is 13.4.